The number of benzene rings is 10. The molecule has 1 aliphatic heterocycles. The molecule has 0 amide bonds. The predicted molar refractivity (Wildman–Crippen MR) is 340 cm³/mol. The third-order valence-electron chi connectivity index (χ3n) is 15.2. The van der Waals surface area contributed by atoms with Gasteiger partial charge in [0, 0.05) is 69.0 Å². The van der Waals surface area contributed by atoms with Crippen LogP contribution in [0.15, 0.2) is 277 Å². The van der Waals surface area contributed by atoms with Gasteiger partial charge in [-0.1, -0.05) is 197 Å². The van der Waals surface area contributed by atoms with E-state index in [0.717, 1.165) is 84.6 Å². The number of fused-ring (bicyclic) bond motifs is 9. The van der Waals surface area contributed by atoms with Crippen LogP contribution in [-0.2, 0) is 0 Å². The number of allylic oxidation sites excluding steroid dienone is 6. The molecule has 10 aromatic carbocycles. The molecule has 0 N–H and O–H groups in total. The van der Waals surface area contributed by atoms with Crippen LogP contribution in [0.2, 0.25) is 0 Å². The second kappa shape index (κ2) is 19.5. The van der Waals surface area contributed by atoms with E-state index < -0.39 is 0 Å². The lowest BCUT2D eigenvalue weighted by molar-refractivity contribution is 0.810. The molecule has 0 spiro atoms. The molecule has 3 aromatic heterocycles. The lowest BCUT2D eigenvalue weighted by Crippen LogP contribution is -2.18. The molecule has 0 fully saturated rings. The summed E-state index contributed by atoms with van der Waals surface area (Å²) in [5.74, 6) is 0.605. The standard InChI is InChI=1S/C71H48IN5S/c1-4-22-53(23-5-1)75(54-24-6-2-7-25-54)56-38-33-49(34-39-56)69-68-62(41-36-52-46-66(78-70(52)68)61-31-14-15-43-72-61)73-71(74-69)77(63-32-17-20-47-18-10-12-29-58(47)63)57-28-16-21-50(44-57)51-35-40-60-65(45-51)76(55-26-8-3-9-27-55)64-42-37-48-19-11-13-30-59(48)67(60)64/h1-33,35-46,49H,34H2. The maximum atomic E-state index is 5.88. The molecule has 1 aliphatic carbocycles. The maximum absolute atomic E-state index is 5.88. The van der Waals surface area contributed by atoms with Crippen LogP contribution in [0.25, 0.3) is 81.2 Å². The van der Waals surface area contributed by atoms with Crippen molar-refractivity contribution in [3.63, 3.8) is 0 Å². The number of anilines is 5. The minimum atomic E-state index is -0.222. The molecule has 1 unspecified atom stereocenters. The summed E-state index contributed by atoms with van der Waals surface area (Å²) in [6.45, 7) is 0. The van der Waals surface area contributed by atoms with Gasteiger partial charge >= 0.3 is 0 Å². The first-order chi connectivity index (χ1) is 38.7. The SMILES string of the molecule is C1=CI=C(c2cc3ccc4nc(N(c5cccc(-c6ccc7c8c9ccccc9ccc8n(-c8ccccc8)c7c6)c5)c5cccc6ccccc56)nc(C5C=CC(N(c6ccccc6)c6ccccc6)=CC5)c4c3s2)C=C1. The molecule has 370 valence electrons. The lowest BCUT2D eigenvalue weighted by atomic mass is 9.92. The van der Waals surface area contributed by atoms with Gasteiger partial charge in [-0.15, -0.1) is 11.3 Å². The molecule has 0 saturated heterocycles. The first-order valence-electron chi connectivity index (χ1n) is 26.4. The summed E-state index contributed by atoms with van der Waals surface area (Å²) in [4.78, 5) is 17.5. The van der Waals surface area contributed by atoms with Crippen molar-refractivity contribution in [2.24, 2.45) is 0 Å². The Hall–Kier alpha value is -9.02. The largest absolute Gasteiger partial charge is 0.311 e. The van der Waals surface area contributed by atoms with E-state index in [0.29, 0.717) is 5.95 Å². The number of aromatic nitrogens is 3. The van der Waals surface area contributed by atoms with E-state index in [-0.39, 0.29) is 26.6 Å². The highest BCUT2D eigenvalue weighted by Crippen LogP contribution is 2.46. The normalized spacial score (nSPS) is 14.3. The van der Waals surface area contributed by atoms with Gasteiger partial charge in [0.2, 0.25) is 5.95 Å². The summed E-state index contributed by atoms with van der Waals surface area (Å²) in [5, 5.41) is 9.61. The van der Waals surface area contributed by atoms with Gasteiger partial charge in [0.25, 0.3) is 0 Å². The molecule has 0 saturated carbocycles. The van der Waals surface area contributed by atoms with Gasteiger partial charge in [0.15, 0.2) is 0 Å². The van der Waals surface area contributed by atoms with Gasteiger partial charge < -0.3 is 9.47 Å². The monoisotopic (exact) mass is 1130 g/mol. The second-order valence-electron chi connectivity index (χ2n) is 19.8. The van der Waals surface area contributed by atoms with E-state index in [9.17, 15) is 0 Å². The third kappa shape index (κ3) is 8.08. The van der Waals surface area contributed by atoms with E-state index in [2.05, 4.69) is 285 Å². The van der Waals surface area contributed by atoms with Gasteiger partial charge in [0.05, 0.1) is 27.9 Å². The number of nitrogens with zero attached hydrogens (tertiary/aromatic N) is 5. The van der Waals surface area contributed by atoms with Gasteiger partial charge in [-0.3, -0.25) is 4.90 Å². The fourth-order valence-corrected chi connectivity index (χ4v) is 15.1. The molecule has 15 rings (SSSR count). The van der Waals surface area contributed by atoms with Crippen LogP contribution in [0, 0.1) is 0 Å². The smallest absolute Gasteiger partial charge is 0.235 e. The zero-order valence-electron chi connectivity index (χ0n) is 42.3. The molecule has 0 bridgehead atoms. The second-order valence-corrected chi connectivity index (χ2v) is 23.4. The number of hydrogen-bond acceptors (Lipinski definition) is 5. The zero-order valence-corrected chi connectivity index (χ0v) is 45.3. The van der Waals surface area contributed by atoms with E-state index in [1.807, 2.05) is 11.3 Å². The van der Waals surface area contributed by atoms with Gasteiger partial charge in [-0.25, -0.2) is 9.97 Å². The van der Waals surface area contributed by atoms with Crippen LogP contribution in [0.3, 0.4) is 0 Å². The summed E-state index contributed by atoms with van der Waals surface area (Å²) in [6.07, 6.45) is 14.5. The zero-order chi connectivity index (χ0) is 51.5. The molecule has 1 atom stereocenters. The van der Waals surface area contributed by atoms with E-state index in [1.165, 1.54) is 45.5 Å². The van der Waals surface area contributed by atoms with Crippen LogP contribution in [-0.4, -0.2) is 18.0 Å². The Morgan fingerprint density at radius 1 is 0.500 bits per heavy atom. The third-order valence-corrected chi connectivity index (χ3v) is 19.2. The Morgan fingerprint density at radius 2 is 1.19 bits per heavy atom. The quantitative estimate of drug-likeness (QED) is 0.128. The van der Waals surface area contributed by atoms with Gasteiger partial charge in [-0.05, 0) is 134 Å². The maximum Gasteiger partial charge on any atom is 0.235 e. The van der Waals surface area contributed by atoms with E-state index in [4.69, 9.17) is 9.97 Å². The van der Waals surface area contributed by atoms with Crippen LogP contribution >= 0.6 is 32.1 Å². The number of thiophene rings is 1. The average molecular weight is 1130 g/mol. The van der Waals surface area contributed by atoms with Crippen molar-refractivity contribution in [2.45, 2.75) is 12.3 Å². The van der Waals surface area contributed by atoms with Crippen LogP contribution in [0.4, 0.5) is 28.7 Å². The minimum Gasteiger partial charge on any atom is -0.311 e. The van der Waals surface area contributed by atoms with Crippen molar-refractivity contribution in [3.8, 4) is 16.8 Å². The summed E-state index contributed by atoms with van der Waals surface area (Å²) in [5.41, 5.74) is 13.0. The van der Waals surface area contributed by atoms with Crippen molar-refractivity contribution >= 4 is 129 Å². The summed E-state index contributed by atoms with van der Waals surface area (Å²) in [7, 11) is 0. The van der Waals surface area contributed by atoms with Crippen LogP contribution < -0.4 is 9.80 Å². The fourth-order valence-electron chi connectivity index (χ4n) is 11.7. The molecular weight excluding hydrogens is 1080 g/mol. The Morgan fingerprint density at radius 3 is 1.96 bits per heavy atom. The van der Waals surface area contributed by atoms with Crippen molar-refractivity contribution in [1.29, 1.82) is 0 Å². The Bertz CT molecular complexity index is 4620. The number of halogens is 1. The Labute approximate surface area is 466 Å². The van der Waals surface area contributed by atoms with E-state index in [1.54, 1.807) is 0 Å². The topological polar surface area (TPSA) is 37.2 Å². The molecule has 0 radical (unpaired) electrons. The van der Waals surface area contributed by atoms with Crippen molar-refractivity contribution in [3.05, 3.63) is 287 Å². The highest BCUT2D eigenvalue weighted by atomic mass is 127. The molecule has 7 heteroatoms. The average Bonchev–Trinajstić information content (AvgIpc) is 4.32. The first kappa shape index (κ1) is 46.3. The van der Waals surface area contributed by atoms with Crippen molar-refractivity contribution in [2.75, 3.05) is 9.80 Å². The highest BCUT2D eigenvalue weighted by Gasteiger charge is 2.27. The number of para-hydroxylation sites is 3. The van der Waals surface area contributed by atoms with E-state index >= 15 is 0 Å². The van der Waals surface area contributed by atoms with Crippen molar-refractivity contribution in [1.82, 2.24) is 14.5 Å². The molecular formula is C71H48IN5S. The Balaban J connectivity index is 0.919. The lowest BCUT2D eigenvalue weighted by Gasteiger charge is -2.29. The Kier molecular flexibility index (Phi) is 11.6. The fraction of sp³-hybridized carbons (Fsp3) is 0.0282. The first-order valence-corrected chi connectivity index (χ1v) is 29.6. The van der Waals surface area contributed by atoms with Gasteiger partial charge in [-0.2, -0.15) is 0 Å². The molecule has 2 aliphatic rings. The summed E-state index contributed by atoms with van der Waals surface area (Å²) in [6, 6.07) is 83.4. The molecule has 78 heavy (non-hydrogen) atoms. The summed E-state index contributed by atoms with van der Waals surface area (Å²) >= 11 is 1.66. The number of hydrogen-bond donors (Lipinski definition) is 0. The molecule has 4 heterocycles. The summed E-state index contributed by atoms with van der Waals surface area (Å²) < 4.78 is 7.45. The van der Waals surface area contributed by atoms with Crippen molar-refractivity contribution < 1.29 is 0 Å². The van der Waals surface area contributed by atoms with Crippen LogP contribution in [0.5, 0.6) is 0 Å². The van der Waals surface area contributed by atoms with Crippen LogP contribution in [0.1, 0.15) is 22.9 Å². The van der Waals surface area contributed by atoms with Gasteiger partial charge in [0.1, 0.15) is 0 Å². The molecule has 13 aromatic rings. The highest BCUT2D eigenvalue weighted by molar-refractivity contribution is 14.2. The number of rotatable bonds is 10. The minimum absolute atomic E-state index is 0.0268. The molecule has 5 nitrogen and oxygen atoms in total. The predicted octanol–water partition coefficient (Wildman–Crippen LogP) is 19.7.